The smallest absolute Gasteiger partial charge is 0.223 e. The number of hydrogen-bond donors (Lipinski definition) is 1. The average molecular weight is 454 g/mol. The van der Waals surface area contributed by atoms with Crippen LogP contribution in [0, 0.1) is 19.8 Å². The van der Waals surface area contributed by atoms with Gasteiger partial charge < -0.3 is 14.6 Å². The van der Waals surface area contributed by atoms with Gasteiger partial charge in [-0.15, -0.1) is 11.3 Å². The number of rotatable bonds is 6. The minimum Gasteiger partial charge on any atom is -0.468 e. The second-order valence-electron chi connectivity index (χ2n) is 8.94. The number of carbonyl (C=O) groups excluding carboxylic acids is 1. The molecule has 1 N–H and O–H groups in total. The number of nitrogens with one attached hydrogen (secondary N) is 1. The van der Waals surface area contributed by atoms with Crippen LogP contribution in [-0.2, 0) is 4.79 Å². The fraction of sp³-hybridized carbons (Fsp3) is 0.542. The maximum atomic E-state index is 13.0. The molecule has 2 fully saturated rings. The SMILES string of the molecule is Cc1sc2ncnc(N3CCC(C(=O)NC[C@H](c4ccco4)N4CCCC4)CC3)c2c1C. The predicted molar refractivity (Wildman–Crippen MR) is 127 cm³/mol. The molecule has 0 aliphatic carbocycles. The van der Waals surface area contributed by atoms with E-state index >= 15 is 0 Å². The molecule has 0 unspecified atom stereocenters. The van der Waals surface area contributed by atoms with Crippen LogP contribution in [0.3, 0.4) is 0 Å². The molecule has 3 aromatic rings. The number of anilines is 1. The maximum Gasteiger partial charge on any atom is 0.223 e. The minimum atomic E-state index is 0.0460. The van der Waals surface area contributed by atoms with E-state index in [9.17, 15) is 4.79 Å². The van der Waals surface area contributed by atoms with Crippen molar-refractivity contribution in [2.45, 2.75) is 45.6 Å². The summed E-state index contributed by atoms with van der Waals surface area (Å²) in [4.78, 5) is 29.2. The number of likely N-dealkylation sites (tertiary alicyclic amines) is 1. The summed E-state index contributed by atoms with van der Waals surface area (Å²) in [6.45, 7) is 8.70. The van der Waals surface area contributed by atoms with Crippen molar-refractivity contribution < 1.29 is 9.21 Å². The summed E-state index contributed by atoms with van der Waals surface area (Å²) < 4.78 is 5.68. The monoisotopic (exact) mass is 453 g/mol. The Hall–Kier alpha value is -2.45. The Morgan fingerprint density at radius 2 is 2.00 bits per heavy atom. The number of furan rings is 1. The van der Waals surface area contributed by atoms with Crippen LogP contribution < -0.4 is 10.2 Å². The Bertz CT molecular complexity index is 1070. The van der Waals surface area contributed by atoms with Crippen molar-refractivity contribution in [2.75, 3.05) is 37.6 Å². The van der Waals surface area contributed by atoms with Gasteiger partial charge in [0.25, 0.3) is 0 Å². The Morgan fingerprint density at radius 1 is 1.22 bits per heavy atom. The lowest BCUT2D eigenvalue weighted by molar-refractivity contribution is -0.125. The van der Waals surface area contributed by atoms with E-state index in [2.05, 4.69) is 38.9 Å². The molecule has 0 bridgehead atoms. The van der Waals surface area contributed by atoms with E-state index in [1.807, 2.05) is 12.1 Å². The Labute approximate surface area is 192 Å². The highest BCUT2D eigenvalue weighted by molar-refractivity contribution is 7.18. The van der Waals surface area contributed by atoms with E-state index in [0.717, 1.165) is 55.4 Å². The Morgan fingerprint density at radius 3 is 2.72 bits per heavy atom. The van der Waals surface area contributed by atoms with Crippen LogP contribution in [0.4, 0.5) is 5.82 Å². The average Bonchev–Trinajstić information content (AvgIpc) is 3.58. The highest BCUT2D eigenvalue weighted by atomic mass is 32.1. The number of carbonyl (C=O) groups is 1. The fourth-order valence-corrected chi connectivity index (χ4v) is 6.03. The zero-order valence-corrected chi connectivity index (χ0v) is 19.7. The number of aromatic nitrogens is 2. The van der Waals surface area contributed by atoms with E-state index < -0.39 is 0 Å². The summed E-state index contributed by atoms with van der Waals surface area (Å²) in [6, 6.07) is 4.07. The van der Waals surface area contributed by atoms with Gasteiger partial charge in [0.2, 0.25) is 5.91 Å². The first-order valence-electron chi connectivity index (χ1n) is 11.6. The van der Waals surface area contributed by atoms with Gasteiger partial charge in [0, 0.05) is 30.4 Å². The van der Waals surface area contributed by atoms with Crippen LogP contribution in [-0.4, -0.2) is 53.5 Å². The van der Waals surface area contributed by atoms with Crippen LogP contribution in [0.25, 0.3) is 10.2 Å². The third kappa shape index (κ3) is 4.13. The number of hydrogen-bond acceptors (Lipinski definition) is 7. The highest BCUT2D eigenvalue weighted by Gasteiger charge is 2.30. The summed E-state index contributed by atoms with van der Waals surface area (Å²) in [5.74, 6) is 2.17. The first-order chi connectivity index (χ1) is 15.6. The summed E-state index contributed by atoms with van der Waals surface area (Å²) >= 11 is 1.73. The van der Waals surface area contributed by atoms with Gasteiger partial charge >= 0.3 is 0 Å². The van der Waals surface area contributed by atoms with Crippen LogP contribution in [0.1, 0.15) is 47.9 Å². The molecule has 2 saturated heterocycles. The fourth-order valence-electron chi connectivity index (χ4n) is 5.04. The number of thiophene rings is 1. The summed E-state index contributed by atoms with van der Waals surface area (Å²) in [7, 11) is 0. The standard InChI is InChI=1S/C24H31N5O2S/c1-16-17(2)32-24-21(16)22(26-15-27-24)29-11-7-18(8-12-29)23(30)25-14-19(20-6-5-13-31-20)28-9-3-4-10-28/h5-6,13,15,18-19H,3-4,7-12,14H2,1-2H3,(H,25,30)/t19-/m1/s1. The molecule has 3 aromatic heterocycles. The molecule has 0 radical (unpaired) electrons. The summed E-state index contributed by atoms with van der Waals surface area (Å²) in [5, 5.41) is 4.40. The maximum absolute atomic E-state index is 13.0. The summed E-state index contributed by atoms with van der Waals surface area (Å²) in [5.41, 5.74) is 1.27. The number of nitrogens with zero attached hydrogens (tertiary/aromatic N) is 4. The Kier molecular flexibility index (Phi) is 6.15. The van der Waals surface area contributed by atoms with Gasteiger partial charge in [-0.1, -0.05) is 0 Å². The van der Waals surface area contributed by atoms with E-state index in [1.165, 1.54) is 28.7 Å². The first kappa shape index (κ1) is 21.4. The van der Waals surface area contributed by atoms with E-state index in [1.54, 1.807) is 23.9 Å². The van der Waals surface area contributed by atoms with Crippen molar-refractivity contribution in [1.82, 2.24) is 20.2 Å². The lowest BCUT2D eigenvalue weighted by atomic mass is 9.95. The predicted octanol–water partition coefficient (Wildman–Crippen LogP) is 4.07. The van der Waals surface area contributed by atoms with Crippen molar-refractivity contribution in [3.63, 3.8) is 0 Å². The molecule has 0 saturated carbocycles. The van der Waals surface area contributed by atoms with Crippen molar-refractivity contribution in [3.05, 3.63) is 40.9 Å². The molecule has 32 heavy (non-hydrogen) atoms. The number of amides is 1. The van der Waals surface area contributed by atoms with Crippen molar-refractivity contribution in [1.29, 1.82) is 0 Å². The van der Waals surface area contributed by atoms with Gasteiger partial charge in [-0.3, -0.25) is 9.69 Å². The zero-order chi connectivity index (χ0) is 22.1. The van der Waals surface area contributed by atoms with Crippen molar-refractivity contribution in [3.8, 4) is 0 Å². The molecule has 7 nitrogen and oxygen atoms in total. The molecule has 2 aliphatic heterocycles. The van der Waals surface area contributed by atoms with Gasteiger partial charge in [0.1, 0.15) is 22.7 Å². The molecule has 5 heterocycles. The van der Waals surface area contributed by atoms with Crippen molar-refractivity contribution in [2.24, 2.45) is 5.92 Å². The quantitative estimate of drug-likeness (QED) is 0.606. The molecule has 170 valence electrons. The number of piperidine rings is 1. The molecule has 2 aliphatic rings. The molecular weight excluding hydrogens is 422 g/mol. The molecule has 0 aromatic carbocycles. The molecule has 5 rings (SSSR count). The largest absolute Gasteiger partial charge is 0.468 e. The number of fused-ring (bicyclic) bond motifs is 1. The second-order valence-corrected chi connectivity index (χ2v) is 10.1. The normalized spacial score (nSPS) is 19.0. The van der Waals surface area contributed by atoms with Crippen LogP contribution in [0.5, 0.6) is 0 Å². The van der Waals surface area contributed by atoms with E-state index in [4.69, 9.17) is 4.42 Å². The van der Waals surface area contributed by atoms with Gasteiger partial charge in [-0.05, 0) is 70.3 Å². The van der Waals surface area contributed by atoms with E-state index in [-0.39, 0.29) is 17.9 Å². The van der Waals surface area contributed by atoms with Crippen LogP contribution >= 0.6 is 11.3 Å². The van der Waals surface area contributed by atoms with Gasteiger partial charge in [0.05, 0.1) is 17.7 Å². The number of aryl methyl sites for hydroxylation is 2. The van der Waals surface area contributed by atoms with Crippen LogP contribution in [0.2, 0.25) is 0 Å². The molecular formula is C24H31N5O2S. The van der Waals surface area contributed by atoms with E-state index in [0.29, 0.717) is 6.54 Å². The first-order valence-corrected chi connectivity index (χ1v) is 12.4. The molecule has 0 spiro atoms. The molecule has 8 heteroatoms. The van der Waals surface area contributed by atoms with Crippen LogP contribution in [0.15, 0.2) is 29.1 Å². The van der Waals surface area contributed by atoms with Gasteiger partial charge in [-0.25, -0.2) is 9.97 Å². The minimum absolute atomic E-state index is 0.0460. The Balaban J connectivity index is 1.21. The third-order valence-electron chi connectivity index (χ3n) is 7.03. The highest BCUT2D eigenvalue weighted by Crippen LogP contribution is 2.35. The third-order valence-corrected chi connectivity index (χ3v) is 8.15. The lowest BCUT2D eigenvalue weighted by Gasteiger charge is -2.33. The topological polar surface area (TPSA) is 74.5 Å². The molecule has 1 atom stereocenters. The summed E-state index contributed by atoms with van der Waals surface area (Å²) in [6.07, 6.45) is 7.49. The van der Waals surface area contributed by atoms with Gasteiger partial charge in [-0.2, -0.15) is 0 Å². The second kappa shape index (κ2) is 9.19. The lowest BCUT2D eigenvalue weighted by Crippen LogP contribution is -2.43. The van der Waals surface area contributed by atoms with Crippen molar-refractivity contribution >= 4 is 33.3 Å². The zero-order valence-electron chi connectivity index (χ0n) is 18.8. The van der Waals surface area contributed by atoms with Gasteiger partial charge in [0.15, 0.2) is 0 Å². The molecule has 1 amide bonds.